The molecule has 0 saturated carbocycles. The molecular formula is C19H24N3O4+. The van der Waals surface area contributed by atoms with E-state index in [0.717, 1.165) is 16.7 Å². The Hall–Kier alpha value is -3.22. The number of amidine groups is 1. The Morgan fingerprint density at radius 3 is 2.54 bits per heavy atom. The summed E-state index contributed by atoms with van der Waals surface area (Å²) in [4.78, 5) is 17.1. The van der Waals surface area contributed by atoms with Crippen LogP contribution in [0.4, 0.5) is 0 Å². The van der Waals surface area contributed by atoms with Gasteiger partial charge in [-0.25, -0.2) is 0 Å². The molecule has 2 aromatic rings. The first-order valence-corrected chi connectivity index (χ1v) is 8.09. The summed E-state index contributed by atoms with van der Waals surface area (Å²) in [5.41, 5.74) is 8.66. The third kappa shape index (κ3) is 5.14. The number of ether oxygens (including phenoxy) is 2. The average Bonchev–Trinajstić information content (AvgIpc) is 2.66. The van der Waals surface area contributed by atoms with Crippen LogP contribution in [0.5, 0.6) is 11.5 Å². The van der Waals surface area contributed by atoms with E-state index in [1.807, 2.05) is 43.3 Å². The molecule has 7 nitrogen and oxygen atoms in total. The molecule has 26 heavy (non-hydrogen) atoms. The highest BCUT2D eigenvalue weighted by Gasteiger charge is 2.09. The maximum absolute atomic E-state index is 11.9. The first-order chi connectivity index (χ1) is 12.5. The molecule has 0 aromatic heterocycles. The van der Waals surface area contributed by atoms with E-state index in [1.54, 1.807) is 20.3 Å². The van der Waals surface area contributed by atoms with Crippen molar-refractivity contribution in [3.05, 3.63) is 59.2 Å². The number of benzene rings is 2. The zero-order valence-corrected chi connectivity index (χ0v) is 15.2. The molecule has 0 saturated heterocycles. The zero-order valence-electron chi connectivity index (χ0n) is 15.2. The molecule has 0 radical (unpaired) electrons. The highest BCUT2D eigenvalue weighted by atomic mass is 16.6. The van der Waals surface area contributed by atoms with E-state index in [4.69, 9.17) is 20.0 Å². The molecule has 2 aromatic carbocycles. The molecule has 0 aliphatic rings. The van der Waals surface area contributed by atoms with Gasteiger partial charge in [0.25, 0.3) is 5.91 Å². The molecular weight excluding hydrogens is 334 g/mol. The predicted octanol–water partition coefficient (Wildman–Crippen LogP) is 0.0461. The van der Waals surface area contributed by atoms with Crippen LogP contribution >= 0.6 is 0 Å². The van der Waals surface area contributed by atoms with Gasteiger partial charge in [0, 0.05) is 6.54 Å². The van der Waals surface area contributed by atoms with Gasteiger partial charge in [0.15, 0.2) is 11.5 Å². The quantitative estimate of drug-likeness (QED) is 0.352. The van der Waals surface area contributed by atoms with E-state index in [1.165, 1.54) is 0 Å². The summed E-state index contributed by atoms with van der Waals surface area (Å²) in [6.45, 7) is 2.12. The van der Waals surface area contributed by atoms with Gasteiger partial charge in [0.1, 0.15) is 0 Å². The van der Waals surface area contributed by atoms with E-state index in [2.05, 4.69) is 10.5 Å². The normalized spacial score (nSPS) is 11.0. The van der Waals surface area contributed by atoms with Crippen LogP contribution < -0.4 is 25.7 Å². The standard InChI is InChI=1S/C19H23N3O4/c1-13-6-4-5-7-15(13)19(20)22-26-12-18(23)21-11-14-8-9-16(24-2)17(10-14)25-3/h4-10H,11-12H2,1-3H3,(H2,20,22)(H,21,23)/p+1. The van der Waals surface area contributed by atoms with Crippen molar-refractivity contribution in [1.29, 1.82) is 0 Å². The van der Waals surface area contributed by atoms with Crippen molar-refractivity contribution < 1.29 is 24.3 Å². The van der Waals surface area contributed by atoms with Gasteiger partial charge >= 0.3 is 5.84 Å². The average molecular weight is 358 g/mol. The highest BCUT2D eigenvalue weighted by Crippen LogP contribution is 2.27. The minimum Gasteiger partial charge on any atom is -0.493 e. The Morgan fingerprint density at radius 1 is 1.12 bits per heavy atom. The molecule has 0 atom stereocenters. The number of nitrogens with one attached hydrogen (secondary N) is 2. The van der Waals surface area contributed by atoms with Crippen molar-refractivity contribution >= 4 is 11.7 Å². The molecule has 0 spiro atoms. The van der Waals surface area contributed by atoms with E-state index in [-0.39, 0.29) is 12.5 Å². The van der Waals surface area contributed by atoms with Crippen molar-refractivity contribution in [3.8, 4) is 11.5 Å². The van der Waals surface area contributed by atoms with E-state index < -0.39 is 0 Å². The number of methoxy groups -OCH3 is 2. The van der Waals surface area contributed by atoms with E-state index >= 15 is 0 Å². The molecule has 0 unspecified atom stereocenters. The van der Waals surface area contributed by atoms with Gasteiger partial charge in [-0.15, -0.1) is 0 Å². The van der Waals surface area contributed by atoms with Crippen molar-refractivity contribution in [2.24, 2.45) is 5.73 Å². The second-order valence-corrected chi connectivity index (χ2v) is 5.59. The summed E-state index contributed by atoms with van der Waals surface area (Å²) < 4.78 is 10.4. The van der Waals surface area contributed by atoms with Crippen molar-refractivity contribution in [3.63, 3.8) is 0 Å². The molecule has 2 rings (SSSR count). The van der Waals surface area contributed by atoms with Gasteiger partial charge in [0.2, 0.25) is 6.61 Å². The number of carbonyl (C=O) groups is 1. The Labute approximate surface area is 152 Å². The molecule has 1 amide bonds. The first kappa shape index (κ1) is 19.1. The fourth-order valence-corrected chi connectivity index (χ4v) is 2.35. The molecule has 0 aliphatic heterocycles. The van der Waals surface area contributed by atoms with Crippen LogP contribution in [0.2, 0.25) is 0 Å². The third-order valence-corrected chi connectivity index (χ3v) is 3.76. The van der Waals surface area contributed by atoms with Gasteiger partial charge in [-0.1, -0.05) is 29.4 Å². The third-order valence-electron chi connectivity index (χ3n) is 3.76. The maximum Gasteiger partial charge on any atom is 0.311 e. The van der Waals surface area contributed by atoms with Crippen LogP contribution in [0, 0.1) is 6.92 Å². The fraction of sp³-hybridized carbons (Fsp3) is 0.263. The number of rotatable bonds is 8. The van der Waals surface area contributed by atoms with Crippen LogP contribution in [0.15, 0.2) is 42.5 Å². The number of aryl methyl sites for hydroxylation is 1. The van der Waals surface area contributed by atoms with Crippen molar-refractivity contribution in [2.45, 2.75) is 13.5 Å². The second kappa shape index (κ2) is 9.31. The lowest BCUT2D eigenvalue weighted by atomic mass is 10.1. The minimum atomic E-state index is -0.273. The van der Waals surface area contributed by atoms with Gasteiger partial charge in [-0.3, -0.25) is 10.5 Å². The Morgan fingerprint density at radius 2 is 1.85 bits per heavy atom. The smallest absolute Gasteiger partial charge is 0.311 e. The predicted molar refractivity (Wildman–Crippen MR) is 97.8 cm³/mol. The zero-order chi connectivity index (χ0) is 18.9. The first-order valence-electron chi connectivity index (χ1n) is 8.09. The van der Waals surface area contributed by atoms with Crippen LogP contribution in [0.1, 0.15) is 16.7 Å². The van der Waals surface area contributed by atoms with Crippen molar-refractivity contribution in [1.82, 2.24) is 5.32 Å². The van der Waals surface area contributed by atoms with Crippen LogP contribution in [0.3, 0.4) is 0 Å². The number of amides is 1. The van der Waals surface area contributed by atoms with Gasteiger partial charge in [-0.05, 0) is 36.2 Å². The Kier molecular flexibility index (Phi) is 6.84. The van der Waals surface area contributed by atoms with Crippen molar-refractivity contribution in [2.75, 3.05) is 20.8 Å². The molecule has 0 aliphatic carbocycles. The minimum absolute atomic E-state index is 0.167. The summed E-state index contributed by atoms with van der Waals surface area (Å²) in [7, 11) is 3.14. The number of carbonyl (C=O) groups excluding carboxylic acids is 1. The Balaban J connectivity index is 1.84. The molecule has 0 fully saturated rings. The molecule has 138 valence electrons. The summed E-state index contributed by atoms with van der Waals surface area (Å²) >= 11 is 0. The Bertz CT molecular complexity index is 790. The monoisotopic (exact) mass is 358 g/mol. The fourth-order valence-electron chi connectivity index (χ4n) is 2.35. The largest absolute Gasteiger partial charge is 0.493 e. The topological polar surface area (TPSA) is 96.8 Å². The summed E-state index contributed by atoms with van der Waals surface area (Å²) in [5.74, 6) is 1.33. The lowest BCUT2D eigenvalue weighted by molar-refractivity contribution is -0.749. The van der Waals surface area contributed by atoms with Gasteiger partial charge in [-0.2, -0.15) is 0 Å². The molecule has 0 heterocycles. The molecule has 4 N–H and O–H groups in total. The highest BCUT2D eigenvalue weighted by molar-refractivity contribution is 5.94. The SMILES string of the molecule is COc1ccc(CNC(=O)CO[NH+]=C(N)c2ccccc2C)cc1OC. The lowest BCUT2D eigenvalue weighted by Crippen LogP contribution is -2.75. The number of hydrogen-bond donors (Lipinski definition) is 3. The van der Waals surface area contributed by atoms with Crippen LogP contribution in [-0.2, 0) is 16.2 Å². The second-order valence-electron chi connectivity index (χ2n) is 5.59. The number of nitrogen functional groups attached to an aromatic ring is 1. The van der Waals surface area contributed by atoms with Gasteiger partial charge in [0.05, 0.1) is 19.8 Å². The summed E-state index contributed by atoms with van der Waals surface area (Å²) in [6.07, 6.45) is 0. The molecule has 7 heteroatoms. The van der Waals surface area contributed by atoms with Crippen LogP contribution in [-0.4, -0.2) is 32.6 Å². The lowest BCUT2D eigenvalue weighted by Gasteiger charge is -2.10. The summed E-state index contributed by atoms with van der Waals surface area (Å²) in [5, 5.41) is 5.36. The number of hydrogen-bond acceptors (Lipinski definition) is 4. The molecule has 0 bridgehead atoms. The summed E-state index contributed by atoms with van der Waals surface area (Å²) in [6, 6.07) is 13.1. The van der Waals surface area contributed by atoms with E-state index in [0.29, 0.717) is 23.9 Å². The van der Waals surface area contributed by atoms with Crippen LogP contribution in [0.25, 0.3) is 0 Å². The van der Waals surface area contributed by atoms with E-state index in [9.17, 15) is 4.79 Å². The van der Waals surface area contributed by atoms with Gasteiger partial charge < -0.3 is 19.6 Å². The maximum atomic E-state index is 11.9. The number of nitrogens with two attached hydrogens (primary N) is 1.